The summed E-state index contributed by atoms with van der Waals surface area (Å²) < 4.78 is 5.08. The molecule has 1 radical (unpaired) electrons. The first-order valence-corrected chi connectivity index (χ1v) is 4.70. The van der Waals surface area contributed by atoms with Crippen molar-refractivity contribution in [3.63, 3.8) is 0 Å². The third kappa shape index (κ3) is 5.45. The number of ether oxygens (including phenoxy) is 1. The van der Waals surface area contributed by atoms with Crippen LogP contribution in [0.3, 0.4) is 0 Å². The molecule has 0 atom stereocenters. The summed E-state index contributed by atoms with van der Waals surface area (Å²) in [7, 11) is 1.69. The maximum Gasteiger partial charge on any atom is 0.482 e. The minimum Gasteiger partial charge on any atom is -0.497 e. The lowest BCUT2D eigenvalue weighted by Crippen LogP contribution is -2.10. The quantitative estimate of drug-likeness (QED) is 0.689. The van der Waals surface area contributed by atoms with E-state index >= 15 is 0 Å². The van der Waals surface area contributed by atoms with Gasteiger partial charge in [0, 0.05) is 0 Å². The third-order valence-corrected chi connectivity index (χ3v) is 1.96. The molecule has 0 amide bonds. The minimum atomic E-state index is 0. The molecule has 1 rings (SSSR count). The van der Waals surface area contributed by atoms with Crippen LogP contribution >= 0.6 is 0 Å². The van der Waals surface area contributed by atoms with Gasteiger partial charge in [-0.1, -0.05) is 32.9 Å². The van der Waals surface area contributed by atoms with Crippen LogP contribution in [0.5, 0.6) is 5.75 Å². The summed E-state index contributed by atoms with van der Waals surface area (Å²) in [5.41, 5.74) is 1.56. The number of hydrogen-bond acceptors (Lipinski definition) is 3. The van der Waals surface area contributed by atoms with Gasteiger partial charge in [0.25, 0.3) is 0 Å². The van der Waals surface area contributed by atoms with Gasteiger partial charge in [-0.05, 0) is 23.1 Å². The van der Waals surface area contributed by atoms with Gasteiger partial charge in [-0.25, -0.2) is 0 Å². The van der Waals surface area contributed by atoms with E-state index in [0.717, 1.165) is 5.75 Å². The first kappa shape index (κ1) is 14.0. The largest absolute Gasteiger partial charge is 0.497 e. The molecule has 3 nitrogen and oxygen atoms in total. The topological polar surface area (TPSA) is 49.7 Å². The molecule has 0 fully saturated rings. The smallest absolute Gasteiger partial charge is 0.482 e. The molecule has 1 aromatic rings. The van der Waals surface area contributed by atoms with Gasteiger partial charge in [0.1, 0.15) is 5.75 Å². The van der Waals surface area contributed by atoms with Crippen LogP contribution < -0.4 is 4.74 Å². The fraction of sp³-hybridized carbons (Fsp3) is 0.455. The molecule has 2 N–H and O–H groups in total. The van der Waals surface area contributed by atoms with E-state index in [0.29, 0.717) is 0 Å². The molecule has 4 heteroatoms. The van der Waals surface area contributed by atoms with Gasteiger partial charge >= 0.3 is 7.69 Å². The highest BCUT2D eigenvalue weighted by Crippen LogP contribution is 2.23. The SMILES string of the molecule is COc1ccc(C(C)(C)C)cc1.O[B]O. The molecular formula is C11H18BO3. The van der Waals surface area contributed by atoms with Crippen LogP contribution in [0.1, 0.15) is 26.3 Å². The van der Waals surface area contributed by atoms with Gasteiger partial charge in [-0.15, -0.1) is 0 Å². The molecule has 0 unspecified atom stereocenters. The summed E-state index contributed by atoms with van der Waals surface area (Å²) >= 11 is 0. The molecule has 1 aromatic carbocycles. The summed E-state index contributed by atoms with van der Waals surface area (Å²) in [6.07, 6.45) is 0. The van der Waals surface area contributed by atoms with Crippen molar-refractivity contribution in [2.24, 2.45) is 0 Å². The summed E-state index contributed by atoms with van der Waals surface area (Å²) in [6.45, 7) is 6.61. The Kier molecular flexibility index (Phi) is 6.05. The zero-order chi connectivity index (χ0) is 11.9. The second-order valence-corrected chi connectivity index (χ2v) is 4.09. The Balaban J connectivity index is 0.000000583. The average Bonchev–Trinajstić information content (AvgIpc) is 2.18. The van der Waals surface area contributed by atoms with E-state index in [1.165, 1.54) is 5.56 Å². The van der Waals surface area contributed by atoms with Crippen molar-refractivity contribution in [3.05, 3.63) is 29.8 Å². The van der Waals surface area contributed by atoms with E-state index in [1.54, 1.807) is 7.11 Å². The summed E-state index contributed by atoms with van der Waals surface area (Å²) in [4.78, 5) is 0. The third-order valence-electron chi connectivity index (χ3n) is 1.96. The molecule has 0 aliphatic heterocycles. The fourth-order valence-electron chi connectivity index (χ4n) is 1.09. The van der Waals surface area contributed by atoms with Crippen LogP contribution in [0.2, 0.25) is 0 Å². The van der Waals surface area contributed by atoms with E-state index < -0.39 is 0 Å². The van der Waals surface area contributed by atoms with Gasteiger partial charge < -0.3 is 14.8 Å². The standard InChI is InChI=1S/C11H16O.BH2O2/c1-11(2,3)9-5-7-10(12-4)8-6-9;2-1-3/h5-8H,1-4H3;2-3H. The Hall–Kier alpha value is -0.995. The highest BCUT2D eigenvalue weighted by Gasteiger charge is 2.12. The maximum atomic E-state index is 7.00. The van der Waals surface area contributed by atoms with Crippen molar-refractivity contribution in [2.75, 3.05) is 7.11 Å². The van der Waals surface area contributed by atoms with E-state index in [4.69, 9.17) is 14.8 Å². The van der Waals surface area contributed by atoms with Crippen LogP contribution in [0.4, 0.5) is 0 Å². The summed E-state index contributed by atoms with van der Waals surface area (Å²) in [6, 6.07) is 8.22. The molecule has 0 spiro atoms. The first-order valence-electron chi connectivity index (χ1n) is 4.70. The predicted octanol–water partition coefficient (Wildman–Crippen LogP) is 1.50. The first-order chi connectivity index (χ1) is 6.95. The predicted molar refractivity (Wildman–Crippen MR) is 61.9 cm³/mol. The van der Waals surface area contributed by atoms with E-state index in [9.17, 15) is 0 Å². The Bertz CT molecular complexity index is 264. The molecule has 0 saturated carbocycles. The molecule has 83 valence electrons. The van der Waals surface area contributed by atoms with Gasteiger partial charge in [0.15, 0.2) is 0 Å². The Morgan fingerprint density at radius 2 is 1.47 bits per heavy atom. The Labute approximate surface area is 92.0 Å². The van der Waals surface area contributed by atoms with Crippen LogP contribution in [0.25, 0.3) is 0 Å². The summed E-state index contributed by atoms with van der Waals surface area (Å²) in [5.74, 6) is 0.919. The highest BCUT2D eigenvalue weighted by atomic mass is 16.5. The van der Waals surface area contributed by atoms with Crippen molar-refractivity contribution in [1.82, 2.24) is 0 Å². The monoisotopic (exact) mass is 209 g/mol. The van der Waals surface area contributed by atoms with Crippen LogP contribution in [0, 0.1) is 0 Å². The maximum absolute atomic E-state index is 7.00. The summed E-state index contributed by atoms with van der Waals surface area (Å²) in [5, 5.41) is 14.0. The van der Waals surface area contributed by atoms with Gasteiger partial charge in [-0.2, -0.15) is 0 Å². The van der Waals surface area contributed by atoms with Crippen LogP contribution in [-0.4, -0.2) is 24.8 Å². The second kappa shape index (κ2) is 6.48. The number of benzene rings is 1. The van der Waals surface area contributed by atoms with Gasteiger partial charge in [0.05, 0.1) is 7.11 Å². The van der Waals surface area contributed by atoms with Crippen LogP contribution in [0.15, 0.2) is 24.3 Å². The average molecular weight is 209 g/mol. The van der Waals surface area contributed by atoms with E-state index in [2.05, 4.69) is 32.9 Å². The van der Waals surface area contributed by atoms with Crippen molar-refractivity contribution in [3.8, 4) is 5.75 Å². The van der Waals surface area contributed by atoms with Crippen molar-refractivity contribution < 1.29 is 14.8 Å². The lowest BCUT2D eigenvalue weighted by molar-refractivity contribution is 0.414. The minimum absolute atomic E-state index is 0. The number of hydrogen-bond donors (Lipinski definition) is 2. The zero-order valence-electron chi connectivity index (χ0n) is 9.69. The molecule has 15 heavy (non-hydrogen) atoms. The second-order valence-electron chi connectivity index (χ2n) is 4.09. The normalized spacial score (nSPS) is 10.0. The fourth-order valence-corrected chi connectivity index (χ4v) is 1.09. The molecular weight excluding hydrogens is 191 g/mol. The molecule has 0 aliphatic carbocycles. The van der Waals surface area contributed by atoms with E-state index in [-0.39, 0.29) is 13.1 Å². The molecule has 0 saturated heterocycles. The molecule has 0 heterocycles. The van der Waals surface area contributed by atoms with Crippen molar-refractivity contribution in [2.45, 2.75) is 26.2 Å². The Morgan fingerprint density at radius 1 is 1.07 bits per heavy atom. The number of methoxy groups -OCH3 is 1. The van der Waals surface area contributed by atoms with Crippen molar-refractivity contribution in [1.29, 1.82) is 0 Å². The molecule has 0 bridgehead atoms. The van der Waals surface area contributed by atoms with Crippen molar-refractivity contribution >= 4 is 7.69 Å². The van der Waals surface area contributed by atoms with E-state index in [1.807, 2.05) is 12.1 Å². The highest BCUT2D eigenvalue weighted by molar-refractivity contribution is 6.13. The zero-order valence-corrected chi connectivity index (χ0v) is 9.69. The molecule has 0 aliphatic rings. The lowest BCUT2D eigenvalue weighted by Gasteiger charge is -2.18. The molecule has 0 aromatic heterocycles. The number of rotatable bonds is 1. The van der Waals surface area contributed by atoms with Gasteiger partial charge in [-0.3, -0.25) is 0 Å². The van der Waals surface area contributed by atoms with Crippen LogP contribution in [-0.2, 0) is 5.41 Å². The Morgan fingerprint density at radius 3 is 1.73 bits per heavy atom. The van der Waals surface area contributed by atoms with Gasteiger partial charge in [0.2, 0.25) is 0 Å². The lowest BCUT2D eigenvalue weighted by atomic mass is 9.87.